The molecule has 1 atom stereocenters. The molecule has 0 spiro atoms. The van der Waals surface area contributed by atoms with Crippen molar-refractivity contribution >= 4 is 17.0 Å². The van der Waals surface area contributed by atoms with Crippen molar-refractivity contribution < 1.29 is 37.3 Å². The molecule has 4 aromatic rings. The summed E-state index contributed by atoms with van der Waals surface area (Å²) in [7, 11) is 1.72. The van der Waals surface area contributed by atoms with Gasteiger partial charge in [-0.05, 0) is 62.2 Å². The normalized spacial score (nSPS) is 17.3. The molecule has 1 saturated heterocycles. The highest BCUT2D eigenvalue weighted by Gasteiger charge is 2.31. The molecule has 0 unspecified atom stereocenters. The minimum Gasteiger partial charge on any atom is -0.485 e. The summed E-state index contributed by atoms with van der Waals surface area (Å²) in [5.41, 5.74) is 1.94. The monoisotopic (exact) mass is 592 g/mol. The van der Waals surface area contributed by atoms with Crippen LogP contribution in [0.5, 0.6) is 17.2 Å². The SMILES string of the molecule is Cn1c(CN2CCC(c3cccc4c3O[C@H](c3ccc(C#N)cc3F)CO4)CC2)nc2c(OC(F)F)cc(C(=O)O)cc21. The standard InChI is InChI=1S/C31H27F3N4O5/c1-37-23-12-19(30(39)40)13-25(43-31(33)34)28(23)36-27(37)15-38-9-7-18(8-10-38)20-3-2-4-24-29(20)42-26(16-41-24)21-6-5-17(14-35)11-22(21)32/h2-6,11-13,18,26,31H,7-10,15-16H2,1H3,(H,39,40)/t26-/m0/s1. The van der Waals surface area contributed by atoms with Gasteiger partial charge in [-0.2, -0.15) is 14.0 Å². The van der Waals surface area contributed by atoms with E-state index in [0.717, 1.165) is 24.5 Å². The number of carboxylic acids is 1. The molecule has 3 aromatic carbocycles. The summed E-state index contributed by atoms with van der Waals surface area (Å²) in [6.07, 6.45) is 0.935. The Labute approximate surface area is 244 Å². The molecule has 222 valence electrons. The topological polar surface area (TPSA) is 110 Å². The number of hydrogen-bond donors (Lipinski definition) is 1. The molecule has 12 heteroatoms. The number of benzene rings is 3. The van der Waals surface area contributed by atoms with E-state index in [9.17, 15) is 23.1 Å². The Morgan fingerprint density at radius 3 is 2.67 bits per heavy atom. The number of rotatable bonds is 7. The number of para-hydroxylation sites is 1. The van der Waals surface area contributed by atoms with Crippen LogP contribution in [-0.2, 0) is 13.6 Å². The first-order chi connectivity index (χ1) is 20.7. The lowest BCUT2D eigenvalue weighted by Gasteiger charge is -2.35. The van der Waals surface area contributed by atoms with Crippen molar-refractivity contribution in [2.24, 2.45) is 7.05 Å². The fourth-order valence-corrected chi connectivity index (χ4v) is 5.80. The average molecular weight is 593 g/mol. The first-order valence-corrected chi connectivity index (χ1v) is 13.7. The fourth-order valence-electron chi connectivity index (χ4n) is 5.80. The zero-order valence-corrected chi connectivity index (χ0v) is 23.1. The van der Waals surface area contributed by atoms with Crippen molar-refractivity contribution in [2.45, 2.75) is 38.0 Å². The average Bonchev–Trinajstić information content (AvgIpc) is 3.31. The van der Waals surface area contributed by atoms with Crippen LogP contribution in [0.1, 0.15) is 57.7 Å². The number of alkyl halides is 2. The zero-order chi connectivity index (χ0) is 30.2. The molecule has 0 radical (unpaired) electrons. The van der Waals surface area contributed by atoms with Gasteiger partial charge in [0, 0.05) is 18.2 Å². The number of hydrogen-bond acceptors (Lipinski definition) is 7. The second kappa shape index (κ2) is 11.5. The Balaban J connectivity index is 1.18. The van der Waals surface area contributed by atoms with Gasteiger partial charge in [-0.25, -0.2) is 14.2 Å². The van der Waals surface area contributed by atoms with Crippen LogP contribution in [0.2, 0.25) is 0 Å². The lowest BCUT2D eigenvalue weighted by atomic mass is 9.88. The smallest absolute Gasteiger partial charge is 0.387 e. The third kappa shape index (κ3) is 5.56. The van der Waals surface area contributed by atoms with E-state index in [-0.39, 0.29) is 34.9 Å². The van der Waals surface area contributed by atoms with Gasteiger partial charge in [0.05, 0.1) is 29.3 Å². The van der Waals surface area contributed by atoms with E-state index in [4.69, 9.17) is 14.7 Å². The lowest BCUT2D eigenvalue weighted by Crippen LogP contribution is -2.33. The molecular weight excluding hydrogens is 565 g/mol. The number of fused-ring (bicyclic) bond motifs is 2. The minimum absolute atomic E-state index is 0.147. The molecule has 1 fully saturated rings. The van der Waals surface area contributed by atoms with Crippen LogP contribution in [0.3, 0.4) is 0 Å². The number of nitrogens with zero attached hydrogens (tertiary/aromatic N) is 4. The van der Waals surface area contributed by atoms with E-state index in [1.165, 1.54) is 12.1 Å². The van der Waals surface area contributed by atoms with E-state index in [1.54, 1.807) is 23.7 Å². The summed E-state index contributed by atoms with van der Waals surface area (Å²) < 4.78 is 59.4. The number of likely N-dealkylation sites (tertiary alicyclic amines) is 1. The van der Waals surface area contributed by atoms with Crippen LogP contribution < -0.4 is 14.2 Å². The van der Waals surface area contributed by atoms with Crippen LogP contribution in [0, 0.1) is 17.1 Å². The van der Waals surface area contributed by atoms with Crippen LogP contribution >= 0.6 is 0 Å². The number of imidazole rings is 1. The molecule has 1 aromatic heterocycles. The number of aromatic carboxylic acids is 1. The van der Waals surface area contributed by atoms with E-state index in [0.29, 0.717) is 48.0 Å². The van der Waals surface area contributed by atoms with Gasteiger partial charge in [0.15, 0.2) is 23.4 Å². The predicted molar refractivity (Wildman–Crippen MR) is 148 cm³/mol. The van der Waals surface area contributed by atoms with Gasteiger partial charge < -0.3 is 23.9 Å². The highest BCUT2D eigenvalue weighted by molar-refractivity contribution is 5.95. The third-order valence-corrected chi connectivity index (χ3v) is 8.04. The van der Waals surface area contributed by atoms with E-state index in [2.05, 4.69) is 14.6 Å². The first kappa shape index (κ1) is 28.4. The molecule has 2 aliphatic rings. The number of halogens is 3. The number of aryl methyl sites for hydroxylation is 1. The second-order valence-corrected chi connectivity index (χ2v) is 10.6. The Morgan fingerprint density at radius 2 is 1.98 bits per heavy atom. The van der Waals surface area contributed by atoms with Gasteiger partial charge in [0.1, 0.15) is 23.8 Å². The lowest BCUT2D eigenvalue weighted by molar-refractivity contribution is -0.0489. The first-order valence-electron chi connectivity index (χ1n) is 13.7. The molecule has 0 aliphatic carbocycles. The predicted octanol–water partition coefficient (Wildman–Crippen LogP) is 5.78. The Kier molecular flexibility index (Phi) is 7.58. The Bertz CT molecular complexity index is 1740. The molecule has 2 aliphatic heterocycles. The molecule has 43 heavy (non-hydrogen) atoms. The zero-order valence-electron chi connectivity index (χ0n) is 23.1. The van der Waals surface area contributed by atoms with Crippen molar-refractivity contribution in [3.8, 4) is 23.3 Å². The van der Waals surface area contributed by atoms with Gasteiger partial charge in [0.2, 0.25) is 0 Å². The van der Waals surface area contributed by atoms with Crippen molar-refractivity contribution in [1.82, 2.24) is 14.5 Å². The molecule has 9 nitrogen and oxygen atoms in total. The summed E-state index contributed by atoms with van der Waals surface area (Å²) in [5, 5.41) is 18.5. The maximum Gasteiger partial charge on any atom is 0.387 e. The summed E-state index contributed by atoms with van der Waals surface area (Å²) in [4.78, 5) is 18.3. The van der Waals surface area contributed by atoms with E-state index < -0.39 is 24.5 Å². The summed E-state index contributed by atoms with van der Waals surface area (Å²) in [5.74, 6) is -0.0990. The van der Waals surface area contributed by atoms with Gasteiger partial charge in [-0.1, -0.05) is 18.2 Å². The summed E-state index contributed by atoms with van der Waals surface area (Å²) >= 11 is 0. The maximum atomic E-state index is 14.7. The molecule has 0 saturated carbocycles. The maximum absolute atomic E-state index is 14.7. The highest BCUT2D eigenvalue weighted by Crippen LogP contribution is 2.45. The number of carbonyl (C=O) groups is 1. The largest absolute Gasteiger partial charge is 0.485 e. The van der Waals surface area contributed by atoms with Gasteiger partial charge in [-0.3, -0.25) is 4.90 Å². The number of aromatic nitrogens is 2. The molecule has 6 rings (SSSR count). The number of piperidine rings is 1. The van der Waals surface area contributed by atoms with Crippen LogP contribution in [0.4, 0.5) is 13.2 Å². The minimum atomic E-state index is -3.12. The molecule has 1 N–H and O–H groups in total. The van der Waals surface area contributed by atoms with Crippen molar-refractivity contribution in [3.05, 3.63) is 82.4 Å². The summed E-state index contributed by atoms with van der Waals surface area (Å²) in [6.45, 7) is -1.11. The fraction of sp³-hybridized carbons (Fsp3) is 0.323. The van der Waals surface area contributed by atoms with Crippen molar-refractivity contribution in [1.29, 1.82) is 5.26 Å². The molecule has 0 amide bonds. The Hall–Kier alpha value is -4.76. The van der Waals surface area contributed by atoms with E-state index >= 15 is 0 Å². The van der Waals surface area contributed by atoms with Crippen molar-refractivity contribution in [2.75, 3.05) is 19.7 Å². The molecular formula is C31H27F3N4O5. The van der Waals surface area contributed by atoms with Crippen LogP contribution in [0.25, 0.3) is 11.0 Å². The van der Waals surface area contributed by atoms with Crippen molar-refractivity contribution in [3.63, 3.8) is 0 Å². The quantitative estimate of drug-likeness (QED) is 0.288. The van der Waals surface area contributed by atoms with Crippen LogP contribution in [-0.4, -0.2) is 51.8 Å². The molecule has 3 heterocycles. The van der Waals surface area contributed by atoms with Gasteiger partial charge in [-0.15, -0.1) is 0 Å². The van der Waals surface area contributed by atoms with Gasteiger partial charge in [0.25, 0.3) is 0 Å². The van der Waals surface area contributed by atoms with E-state index in [1.807, 2.05) is 24.3 Å². The number of nitriles is 1. The van der Waals surface area contributed by atoms with Gasteiger partial charge >= 0.3 is 12.6 Å². The van der Waals surface area contributed by atoms with Crippen LogP contribution in [0.15, 0.2) is 48.5 Å². The number of carboxylic acid groups (broad SMARTS) is 1. The Morgan fingerprint density at radius 1 is 1.19 bits per heavy atom. The summed E-state index contributed by atoms with van der Waals surface area (Å²) in [6, 6.07) is 14.4. The third-order valence-electron chi connectivity index (χ3n) is 8.04. The highest BCUT2D eigenvalue weighted by atomic mass is 19.3. The number of ether oxygens (including phenoxy) is 3. The second-order valence-electron chi connectivity index (χ2n) is 10.6. The molecule has 0 bridgehead atoms.